The number of piperidine rings is 1. The van der Waals surface area contributed by atoms with E-state index in [1.165, 1.54) is 18.4 Å². The van der Waals surface area contributed by atoms with Gasteiger partial charge in [0, 0.05) is 6.54 Å². The van der Waals surface area contributed by atoms with Gasteiger partial charge in [-0.2, -0.15) is 0 Å². The second-order valence-electron chi connectivity index (χ2n) is 6.02. The van der Waals surface area contributed by atoms with E-state index in [1.54, 1.807) is 0 Å². The molecule has 1 aromatic rings. The van der Waals surface area contributed by atoms with Crippen LogP contribution in [-0.2, 0) is 4.74 Å². The summed E-state index contributed by atoms with van der Waals surface area (Å²) in [7, 11) is 0. The van der Waals surface area contributed by atoms with Crippen LogP contribution in [0.25, 0.3) is 0 Å². The lowest BCUT2D eigenvalue weighted by atomic mass is 9.89. The third kappa shape index (κ3) is 4.89. The van der Waals surface area contributed by atoms with Crippen molar-refractivity contribution in [2.24, 2.45) is 0 Å². The number of hydrogen-bond donors (Lipinski definition) is 1. The van der Waals surface area contributed by atoms with E-state index in [0.717, 1.165) is 19.6 Å². The summed E-state index contributed by atoms with van der Waals surface area (Å²) >= 11 is 0. The topological polar surface area (TPSA) is 32.7 Å². The smallest absolute Gasteiger partial charge is 0.0900 e. The highest BCUT2D eigenvalue weighted by molar-refractivity contribution is 5.19. The van der Waals surface area contributed by atoms with Gasteiger partial charge in [0.15, 0.2) is 0 Å². The fourth-order valence-electron chi connectivity index (χ4n) is 2.83. The minimum atomic E-state index is -0.370. The first-order chi connectivity index (χ1) is 9.65. The Hall–Kier alpha value is -0.900. The lowest BCUT2D eigenvalue weighted by Gasteiger charge is -2.33. The molecule has 1 aliphatic rings. The van der Waals surface area contributed by atoms with E-state index in [-0.39, 0.29) is 12.2 Å². The molecule has 20 heavy (non-hydrogen) atoms. The van der Waals surface area contributed by atoms with E-state index >= 15 is 0 Å². The molecular formula is C17H27NO2. The quantitative estimate of drug-likeness (QED) is 0.867. The highest BCUT2D eigenvalue weighted by atomic mass is 16.5. The fraction of sp³-hybridized carbons (Fsp3) is 0.647. The Kier molecular flexibility index (Phi) is 6.02. The minimum absolute atomic E-state index is 0.188. The van der Waals surface area contributed by atoms with Crippen molar-refractivity contribution in [3.05, 3.63) is 35.9 Å². The first-order valence-electron chi connectivity index (χ1n) is 7.72. The number of β-amino-alcohol motifs (C(OH)–C–C–N with tert-alkyl or cyclic N) is 1. The zero-order valence-electron chi connectivity index (χ0n) is 12.7. The van der Waals surface area contributed by atoms with Gasteiger partial charge in [-0.1, -0.05) is 30.3 Å². The van der Waals surface area contributed by atoms with Crippen molar-refractivity contribution in [2.75, 3.05) is 26.2 Å². The summed E-state index contributed by atoms with van der Waals surface area (Å²) in [4.78, 5) is 2.35. The van der Waals surface area contributed by atoms with Gasteiger partial charge in [0.05, 0.1) is 18.8 Å². The Morgan fingerprint density at radius 3 is 2.45 bits per heavy atom. The standard InChI is InChI=1S/C17H27NO2/c1-14(2)20-13-17(19)12-18-10-8-16(9-11-18)15-6-4-3-5-7-15/h3-7,14,16-17,19H,8-13H2,1-2H3. The fourth-order valence-corrected chi connectivity index (χ4v) is 2.83. The number of hydrogen-bond acceptors (Lipinski definition) is 3. The van der Waals surface area contributed by atoms with Gasteiger partial charge in [-0.15, -0.1) is 0 Å². The van der Waals surface area contributed by atoms with Gasteiger partial charge >= 0.3 is 0 Å². The van der Waals surface area contributed by atoms with Crippen LogP contribution in [0, 0.1) is 0 Å². The molecule has 112 valence electrons. The van der Waals surface area contributed by atoms with Crippen LogP contribution in [0.2, 0.25) is 0 Å². The molecule has 3 nitrogen and oxygen atoms in total. The Bertz CT molecular complexity index is 372. The van der Waals surface area contributed by atoms with E-state index in [1.807, 2.05) is 13.8 Å². The number of ether oxygens (including phenoxy) is 1. The number of benzene rings is 1. The van der Waals surface area contributed by atoms with Crippen LogP contribution >= 0.6 is 0 Å². The van der Waals surface area contributed by atoms with E-state index < -0.39 is 0 Å². The number of aliphatic hydroxyl groups excluding tert-OH is 1. The third-order valence-electron chi connectivity index (χ3n) is 3.95. The minimum Gasteiger partial charge on any atom is -0.389 e. The van der Waals surface area contributed by atoms with Crippen LogP contribution in [-0.4, -0.2) is 48.5 Å². The molecule has 1 aromatic carbocycles. The highest BCUT2D eigenvalue weighted by Gasteiger charge is 2.22. The monoisotopic (exact) mass is 277 g/mol. The summed E-state index contributed by atoms with van der Waals surface area (Å²) in [5.41, 5.74) is 1.45. The molecule has 1 heterocycles. The summed E-state index contributed by atoms with van der Waals surface area (Å²) in [5, 5.41) is 9.97. The van der Waals surface area contributed by atoms with E-state index in [2.05, 4.69) is 35.2 Å². The van der Waals surface area contributed by atoms with Crippen LogP contribution in [0.5, 0.6) is 0 Å². The Morgan fingerprint density at radius 2 is 1.85 bits per heavy atom. The number of rotatable bonds is 6. The molecule has 1 aliphatic heterocycles. The highest BCUT2D eigenvalue weighted by Crippen LogP contribution is 2.27. The lowest BCUT2D eigenvalue weighted by Crippen LogP contribution is -2.40. The van der Waals surface area contributed by atoms with Gasteiger partial charge in [-0.3, -0.25) is 0 Å². The van der Waals surface area contributed by atoms with Gasteiger partial charge in [-0.25, -0.2) is 0 Å². The van der Waals surface area contributed by atoms with E-state index in [0.29, 0.717) is 12.5 Å². The Morgan fingerprint density at radius 1 is 1.20 bits per heavy atom. The Labute approximate surface area is 122 Å². The van der Waals surface area contributed by atoms with Gasteiger partial charge in [0.1, 0.15) is 0 Å². The summed E-state index contributed by atoms with van der Waals surface area (Å²) in [6.45, 7) is 7.30. The summed E-state index contributed by atoms with van der Waals surface area (Å²) in [6.07, 6.45) is 2.18. The number of aliphatic hydroxyl groups is 1. The molecule has 0 aromatic heterocycles. The van der Waals surface area contributed by atoms with Crippen LogP contribution in [0.15, 0.2) is 30.3 Å². The van der Waals surface area contributed by atoms with Crippen molar-refractivity contribution in [1.29, 1.82) is 0 Å². The molecule has 2 rings (SSSR count). The molecule has 1 unspecified atom stereocenters. The predicted octanol–water partition coefficient (Wildman–Crippen LogP) is 2.65. The average Bonchev–Trinajstić information content (AvgIpc) is 2.47. The maximum absolute atomic E-state index is 9.97. The van der Waals surface area contributed by atoms with Crippen molar-refractivity contribution in [2.45, 2.75) is 44.8 Å². The normalized spacial score (nSPS) is 19.4. The maximum atomic E-state index is 9.97. The summed E-state index contributed by atoms with van der Waals surface area (Å²) in [6, 6.07) is 10.8. The van der Waals surface area contributed by atoms with Gasteiger partial charge in [0.2, 0.25) is 0 Å². The first kappa shape index (κ1) is 15.5. The molecular weight excluding hydrogens is 250 g/mol. The van der Waals surface area contributed by atoms with Crippen molar-refractivity contribution in [1.82, 2.24) is 4.90 Å². The molecule has 3 heteroatoms. The molecule has 0 saturated carbocycles. The van der Waals surface area contributed by atoms with E-state index in [4.69, 9.17) is 4.74 Å². The lowest BCUT2D eigenvalue weighted by molar-refractivity contribution is -0.0111. The van der Waals surface area contributed by atoms with Crippen LogP contribution < -0.4 is 0 Å². The van der Waals surface area contributed by atoms with Crippen LogP contribution in [0.3, 0.4) is 0 Å². The molecule has 0 aliphatic carbocycles. The van der Waals surface area contributed by atoms with Crippen molar-refractivity contribution >= 4 is 0 Å². The van der Waals surface area contributed by atoms with Crippen LogP contribution in [0.4, 0.5) is 0 Å². The molecule has 0 spiro atoms. The van der Waals surface area contributed by atoms with E-state index in [9.17, 15) is 5.11 Å². The molecule has 0 amide bonds. The largest absolute Gasteiger partial charge is 0.389 e. The zero-order valence-corrected chi connectivity index (χ0v) is 12.7. The van der Waals surface area contributed by atoms with Gasteiger partial charge in [-0.05, 0) is 51.3 Å². The predicted molar refractivity (Wildman–Crippen MR) is 82.0 cm³/mol. The molecule has 1 fully saturated rings. The summed E-state index contributed by atoms with van der Waals surface area (Å²) in [5.74, 6) is 0.677. The summed E-state index contributed by atoms with van der Waals surface area (Å²) < 4.78 is 5.46. The van der Waals surface area contributed by atoms with Gasteiger partial charge < -0.3 is 14.7 Å². The van der Waals surface area contributed by atoms with Gasteiger partial charge in [0.25, 0.3) is 0 Å². The number of likely N-dealkylation sites (tertiary alicyclic amines) is 1. The van der Waals surface area contributed by atoms with Crippen molar-refractivity contribution in [3.8, 4) is 0 Å². The molecule has 0 bridgehead atoms. The van der Waals surface area contributed by atoms with Crippen molar-refractivity contribution in [3.63, 3.8) is 0 Å². The zero-order chi connectivity index (χ0) is 14.4. The van der Waals surface area contributed by atoms with Crippen LogP contribution in [0.1, 0.15) is 38.2 Å². The maximum Gasteiger partial charge on any atom is 0.0900 e. The second kappa shape index (κ2) is 7.77. The second-order valence-corrected chi connectivity index (χ2v) is 6.02. The Balaban J connectivity index is 1.71. The molecule has 1 N–H and O–H groups in total. The molecule has 0 radical (unpaired) electrons. The molecule has 1 atom stereocenters. The third-order valence-corrected chi connectivity index (χ3v) is 3.95. The molecule has 1 saturated heterocycles. The SMILES string of the molecule is CC(C)OCC(O)CN1CCC(c2ccccc2)CC1. The number of nitrogens with zero attached hydrogens (tertiary/aromatic N) is 1. The first-order valence-corrected chi connectivity index (χ1v) is 7.72. The average molecular weight is 277 g/mol. The van der Waals surface area contributed by atoms with Crippen molar-refractivity contribution < 1.29 is 9.84 Å².